The summed E-state index contributed by atoms with van der Waals surface area (Å²) in [5.74, 6) is -0.577. The zero-order valence-corrected chi connectivity index (χ0v) is 17.0. The van der Waals surface area contributed by atoms with E-state index in [9.17, 15) is 14.7 Å². The summed E-state index contributed by atoms with van der Waals surface area (Å²) in [6.07, 6.45) is 0.735. The predicted molar refractivity (Wildman–Crippen MR) is 109 cm³/mol. The van der Waals surface area contributed by atoms with E-state index in [1.165, 1.54) is 11.3 Å². The molecule has 0 aliphatic carbocycles. The number of Topliss-reactive ketones (excluding diaryl/α,β-unsaturated/α-hetero) is 1. The van der Waals surface area contributed by atoms with Crippen LogP contribution < -0.4 is 4.74 Å². The highest BCUT2D eigenvalue weighted by molar-refractivity contribution is 7.12. The molecule has 0 radical (unpaired) electrons. The molecule has 2 heterocycles. The predicted octanol–water partition coefficient (Wildman–Crippen LogP) is 3.29. The molecule has 0 fully saturated rings. The average Bonchev–Trinajstić information content (AvgIpc) is 3.30. The Morgan fingerprint density at radius 1 is 1.25 bits per heavy atom. The van der Waals surface area contributed by atoms with E-state index >= 15 is 0 Å². The Kier molecular flexibility index (Phi) is 6.16. The Bertz CT molecular complexity index is 872. The van der Waals surface area contributed by atoms with E-state index in [1.54, 1.807) is 41.7 Å². The van der Waals surface area contributed by atoms with Crippen LogP contribution in [-0.2, 0) is 4.79 Å². The van der Waals surface area contributed by atoms with Gasteiger partial charge in [0.1, 0.15) is 5.75 Å². The van der Waals surface area contributed by atoms with Crippen molar-refractivity contribution in [3.63, 3.8) is 0 Å². The lowest BCUT2D eigenvalue weighted by atomic mass is 9.95. The lowest BCUT2D eigenvalue weighted by molar-refractivity contribution is -0.129. The first-order valence-corrected chi connectivity index (χ1v) is 9.93. The minimum absolute atomic E-state index is 0.141. The number of methoxy groups -OCH3 is 1. The van der Waals surface area contributed by atoms with Crippen LogP contribution in [0.5, 0.6) is 5.75 Å². The molecule has 1 aromatic carbocycles. The number of hydrogen-bond donors (Lipinski definition) is 1. The van der Waals surface area contributed by atoms with Crippen LogP contribution in [0.2, 0.25) is 0 Å². The zero-order valence-electron chi connectivity index (χ0n) is 16.2. The van der Waals surface area contributed by atoms with Gasteiger partial charge in [-0.1, -0.05) is 18.2 Å². The van der Waals surface area contributed by atoms with Gasteiger partial charge >= 0.3 is 0 Å². The van der Waals surface area contributed by atoms with E-state index in [1.807, 2.05) is 31.1 Å². The monoisotopic (exact) mass is 400 g/mol. The summed E-state index contributed by atoms with van der Waals surface area (Å²) in [5, 5.41) is 12.4. The van der Waals surface area contributed by atoms with Gasteiger partial charge in [-0.2, -0.15) is 0 Å². The molecule has 28 heavy (non-hydrogen) atoms. The largest absolute Gasteiger partial charge is 0.503 e. The third-order valence-corrected chi connectivity index (χ3v) is 5.60. The molecule has 0 saturated carbocycles. The van der Waals surface area contributed by atoms with Gasteiger partial charge < -0.3 is 19.6 Å². The molecule has 1 N–H and O–H groups in total. The van der Waals surface area contributed by atoms with Gasteiger partial charge in [0.2, 0.25) is 5.78 Å². The van der Waals surface area contributed by atoms with Crippen LogP contribution in [0.1, 0.15) is 27.7 Å². The number of ether oxygens (including phenoxy) is 1. The van der Waals surface area contributed by atoms with Crippen molar-refractivity contribution in [3.05, 3.63) is 63.6 Å². The molecule has 6 nitrogen and oxygen atoms in total. The lowest BCUT2D eigenvalue weighted by Crippen LogP contribution is -2.33. The molecule has 148 valence electrons. The lowest BCUT2D eigenvalue weighted by Gasteiger charge is -2.27. The van der Waals surface area contributed by atoms with Gasteiger partial charge in [-0.25, -0.2) is 0 Å². The second-order valence-corrected chi connectivity index (χ2v) is 7.85. The second-order valence-electron chi connectivity index (χ2n) is 6.90. The van der Waals surface area contributed by atoms with Gasteiger partial charge in [0.25, 0.3) is 5.91 Å². The third kappa shape index (κ3) is 3.95. The van der Waals surface area contributed by atoms with Gasteiger partial charge in [-0.05, 0) is 56.2 Å². The summed E-state index contributed by atoms with van der Waals surface area (Å²) in [4.78, 5) is 30.0. The van der Waals surface area contributed by atoms with Crippen LogP contribution in [0.25, 0.3) is 0 Å². The van der Waals surface area contributed by atoms with Crippen LogP contribution >= 0.6 is 11.3 Å². The van der Waals surface area contributed by atoms with E-state index in [4.69, 9.17) is 4.74 Å². The van der Waals surface area contributed by atoms with Gasteiger partial charge in [0.05, 0.1) is 23.6 Å². The van der Waals surface area contributed by atoms with Crippen LogP contribution in [0.15, 0.2) is 53.1 Å². The van der Waals surface area contributed by atoms with E-state index < -0.39 is 17.7 Å². The second kappa shape index (κ2) is 8.58. The van der Waals surface area contributed by atoms with Crippen molar-refractivity contribution in [3.8, 4) is 5.75 Å². The molecule has 0 spiro atoms. The summed E-state index contributed by atoms with van der Waals surface area (Å²) in [5.41, 5.74) is 0.908. The summed E-state index contributed by atoms with van der Waals surface area (Å²) >= 11 is 1.30. The molecule has 1 aliphatic heterocycles. The van der Waals surface area contributed by atoms with Crippen molar-refractivity contribution < 1.29 is 19.4 Å². The summed E-state index contributed by atoms with van der Waals surface area (Å²) < 4.78 is 5.21. The van der Waals surface area contributed by atoms with Crippen LogP contribution in [0.4, 0.5) is 0 Å². The molecule has 1 aliphatic rings. The Balaban J connectivity index is 1.99. The minimum atomic E-state index is -0.616. The highest BCUT2D eigenvalue weighted by Crippen LogP contribution is 2.39. The fourth-order valence-corrected chi connectivity index (χ4v) is 4.02. The molecule has 1 amide bonds. The minimum Gasteiger partial charge on any atom is -0.503 e. The quantitative estimate of drug-likeness (QED) is 0.689. The molecule has 3 rings (SSSR count). The van der Waals surface area contributed by atoms with Crippen LogP contribution in [0.3, 0.4) is 0 Å². The SMILES string of the molecule is COc1ccc([C@H]2C(C(=O)c3cccs3)=C(O)C(=O)N2CCCN(C)C)cc1. The number of amides is 1. The van der Waals surface area contributed by atoms with Gasteiger partial charge in [-0.15, -0.1) is 11.3 Å². The maximum atomic E-state index is 13.1. The Hall–Kier alpha value is -2.64. The standard InChI is InChI=1S/C21H24N2O4S/c1-22(2)11-5-12-23-18(14-7-9-15(27-3)10-8-14)17(20(25)21(23)26)19(24)16-6-4-13-28-16/h4,6-10,13,18,25H,5,11-12H2,1-3H3/t18-/m0/s1. The molecule has 1 aromatic heterocycles. The summed E-state index contributed by atoms with van der Waals surface area (Å²) in [6, 6.07) is 10.1. The smallest absolute Gasteiger partial charge is 0.290 e. The first kappa shape index (κ1) is 20.1. The van der Waals surface area contributed by atoms with Gasteiger partial charge in [0.15, 0.2) is 5.76 Å². The van der Waals surface area contributed by atoms with Crippen molar-refractivity contribution in [1.29, 1.82) is 0 Å². The summed E-state index contributed by atoms with van der Waals surface area (Å²) in [6.45, 7) is 1.24. The van der Waals surface area contributed by atoms with Crippen molar-refractivity contribution in [2.75, 3.05) is 34.3 Å². The number of rotatable bonds is 8. The first-order valence-electron chi connectivity index (χ1n) is 9.05. The number of ketones is 1. The van der Waals surface area contributed by atoms with E-state index in [0.29, 0.717) is 17.2 Å². The number of thiophene rings is 1. The van der Waals surface area contributed by atoms with Crippen molar-refractivity contribution in [2.45, 2.75) is 12.5 Å². The molecule has 0 unspecified atom stereocenters. The Morgan fingerprint density at radius 2 is 1.96 bits per heavy atom. The molecule has 7 heteroatoms. The number of benzene rings is 1. The molecular weight excluding hydrogens is 376 g/mol. The number of hydrogen-bond acceptors (Lipinski definition) is 6. The number of nitrogens with zero attached hydrogens (tertiary/aromatic N) is 2. The van der Waals surface area contributed by atoms with Gasteiger partial charge in [-0.3, -0.25) is 9.59 Å². The molecule has 0 bridgehead atoms. The van der Waals surface area contributed by atoms with Crippen molar-refractivity contribution in [2.24, 2.45) is 0 Å². The van der Waals surface area contributed by atoms with Crippen molar-refractivity contribution in [1.82, 2.24) is 9.80 Å². The number of aliphatic hydroxyl groups is 1. The first-order chi connectivity index (χ1) is 13.4. The molecule has 1 atom stereocenters. The van der Waals surface area contributed by atoms with E-state index in [-0.39, 0.29) is 11.4 Å². The van der Waals surface area contributed by atoms with Crippen LogP contribution in [-0.4, -0.2) is 60.9 Å². The molecule has 2 aromatic rings. The average molecular weight is 401 g/mol. The number of carbonyl (C=O) groups excluding carboxylic acids is 2. The number of aliphatic hydroxyl groups excluding tert-OH is 1. The number of carbonyl (C=O) groups is 2. The van der Waals surface area contributed by atoms with E-state index in [2.05, 4.69) is 0 Å². The molecular formula is C21H24N2O4S. The van der Waals surface area contributed by atoms with E-state index in [0.717, 1.165) is 18.5 Å². The van der Waals surface area contributed by atoms with Crippen LogP contribution in [0, 0.1) is 0 Å². The fourth-order valence-electron chi connectivity index (χ4n) is 3.35. The highest BCUT2D eigenvalue weighted by Gasteiger charge is 2.43. The van der Waals surface area contributed by atoms with Crippen molar-refractivity contribution >= 4 is 23.0 Å². The highest BCUT2D eigenvalue weighted by atomic mass is 32.1. The summed E-state index contributed by atoms with van der Waals surface area (Å²) in [7, 11) is 5.52. The van der Waals surface area contributed by atoms with Gasteiger partial charge in [0, 0.05) is 6.54 Å². The topological polar surface area (TPSA) is 70.1 Å². The normalized spacial score (nSPS) is 16.9. The Morgan fingerprint density at radius 3 is 2.54 bits per heavy atom. The third-order valence-electron chi connectivity index (χ3n) is 4.73. The zero-order chi connectivity index (χ0) is 20.3. The Labute approximate surface area is 168 Å². The maximum absolute atomic E-state index is 13.1. The molecule has 0 saturated heterocycles. The fraction of sp³-hybridized carbons (Fsp3) is 0.333. The maximum Gasteiger partial charge on any atom is 0.290 e.